The minimum Gasteiger partial charge on any atom is -0.303 e. The van der Waals surface area contributed by atoms with Crippen LogP contribution in [0.4, 0.5) is 4.39 Å². The van der Waals surface area contributed by atoms with Crippen LogP contribution in [-0.4, -0.2) is 0 Å². The highest BCUT2D eigenvalue weighted by Crippen LogP contribution is 2.38. The summed E-state index contributed by atoms with van der Waals surface area (Å²) >= 11 is 0. The molecule has 2 heteroatoms. The Morgan fingerprint density at radius 1 is 1.09 bits per heavy atom. The Morgan fingerprint density at radius 2 is 1.82 bits per heavy atom. The van der Waals surface area contributed by atoms with Crippen molar-refractivity contribution in [3.05, 3.63) is 71.0 Å². The standard InChI is InChI=1S/C20H24FN/c1-14-8-11-18(13-19(14)21)20(12-16-9-10-16)22-15(2)17-6-4-3-5-7-17/h3-8,11,13,15-16,20,22H,9-10,12H2,1-2H3/t15-,20-/m0/s1. The SMILES string of the molecule is Cc1ccc([C@H](CC2CC2)N[C@@H](C)c2ccccc2)cc1F. The number of rotatable bonds is 6. The van der Waals surface area contributed by atoms with Crippen LogP contribution in [0.15, 0.2) is 48.5 Å². The highest BCUT2D eigenvalue weighted by Gasteiger charge is 2.27. The van der Waals surface area contributed by atoms with E-state index in [9.17, 15) is 4.39 Å². The molecule has 22 heavy (non-hydrogen) atoms. The molecule has 0 aliphatic heterocycles. The Kier molecular flexibility index (Phi) is 4.58. The Hall–Kier alpha value is -1.67. The maximum absolute atomic E-state index is 13.9. The van der Waals surface area contributed by atoms with E-state index < -0.39 is 0 Å². The number of benzene rings is 2. The molecule has 0 aromatic heterocycles. The van der Waals surface area contributed by atoms with Gasteiger partial charge >= 0.3 is 0 Å². The van der Waals surface area contributed by atoms with Gasteiger partial charge in [-0.3, -0.25) is 0 Å². The van der Waals surface area contributed by atoms with Crippen molar-refractivity contribution < 1.29 is 4.39 Å². The molecule has 2 aromatic rings. The van der Waals surface area contributed by atoms with Gasteiger partial charge in [-0.2, -0.15) is 0 Å². The largest absolute Gasteiger partial charge is 0.303 e. The fourth-order valence-electron chi connectivity index (χ4n) is 2.95. The molecular formula is C20H24FN. The molecule has 0 radical (unpaired) electrons. The summed E-state index contributed by atoms with van der Waals surface area (Å²) in [5.41, 5.74) is 3.05. The number of hydrogen-bond donors (Lipinski definition) is 1. The summed E-state index contributed by atoms with van der Waals surface area (Å²) in [6.07, 6.45) is 3.72. The van der Waals surface area contributed by atoms with Gasteiger partial charge in [-0.15, -0.1) is 0 Å². The summed E-state index contributed by atoms with van der Waals surface area (Å²) in [6.45, 7) is 3.99. The summed E-state index contributed by atoms with van der Waals surface area (Å²) in [5.74, 6) is 0.692. The van der Waals surface area contributed by atoms with E-state index in [-0.39, 0.29) is 17.9 Å². The summed E-state index contributed by atoms with van der Waals surface area (Å²) in [4.78, 5) is 0. The minimum absolute atomic E-state index is 0.104. The van der Waals surface area contributed by atoms with Crippen LogP contribution in [-0.2, 0) is 0 Å². The van der Waals surface area contributed by atoms with Gasteiger partial charge in [0, 0.05) is 12.1 Å². The van der Waals surface area contributed by atoms with E-state index in [0.717, 1.165) is 17.9 Å². The molecule has 3 rings (SSSR count). The Morgan fingerprint density at radius 3 is 2.45 bits per heavy atom. The van der Waals surface area contributed by atoms with Gasteiger partial charge in [-0.1, -0.05) is 55.3 Å². The van der Waals surface area contributed by atoms with Crippen LogP contribution in [0.2, 0.25) is 0 Å². The molecule has 2 atom stereocenters. The zero-order valence-electron chi connectivity index (χ0n) is 13.4. The zero-order chi connectivity index (χ0) is 15.5. The fourth-order valence-corrected chi connectivity index (χ4v) is 2.95. The predicted octanol–water partition coefficient (Wildman–Crippen LogP) is 5.33. The molecule has 116 valence electrons. The molecule has 1 saturated carbocycles. The minimum atomic E-state index is -0.104. The summed E-state index contributed by atoms with van der Waals surface area (Å²) in [7, 11) is 0. The Balaban J connectivity index is 1.78. The van der Waals surface area contributed by atoms with Gasteiger partial charge < -0.3 is 5.32 Å². The number of aryl methyl sites for hydroxylation is 1. The lowest BCUT2D eigenvalue weighted by Gasteiger charge is -2.24. The molecule has 0 heterocycles. The molecule has 1 N–H and O–H groups in total. The van der Waals surface area contributed by atoms with Gasteiger partial charge in [0.1, 0.15) is 5.82 Å². The van der Waals surface area contributed by atoms with Crippen molar-refractivity contribution in [2.75, 3.05) is 0 Å². The zero-order valence-corrected chi connectivity index (χ0v) is 13.4. The van der Waals surface area contributed by atoms with Crippen molar-refractivity contribution >= 4 is 0 Å². The van der Waals surface area contributed by atoms with Crippen LogP contribution in [0.3, 0.4) is 0 Å². The highest BCUT2D eigenvalue weighted by atomic mass is 19.1. The molecule has 0 unspecified atom stereocenters. The van der Waals surface area contributed by atoms with Gasteiger partial charge in [0.2, 0.25) is 0 Å². The lowest BCUT2D eigenvalue weighted by Crippen LogP contribution is -2.25. The molecule has 1 aliphatic rings. The maximum Gasteiger partial charge on any atom is 0.126 e. The van der Waals surface area contributed by atoms with Crippen molar-refractivity contribution in [3.8, 4) is 0 Å². The van der Waals surface area contributed by atoms with Crippen molar-refractivity contribution in [1.29, 1.82) is 0 Å². The van der Waals surface area contributed by atoms with Crippen molar-refractivity contribution in [2.45, 2.75) is 45.2 Å². The van der Waals surface area contributed by atoms with Crippen LogP contribution in [0.25, 0.3) is 0 Å². The van der Waals surface area contributed by atoms with Gasteiger partial charge in [0.05, 0.1) is 0 Å². The first-order valence-corrected chi connectivity index (χ1v) is 8.20. The molecule has 0 amide bonds. The highest BCUT2D eigenvalue weighted by molar-refractivity contribution is 5.27. The van der Waals surface area contributed by atoms with E-state index in [1.54, 1.807) is 6.07 Å². The van der Waals surface area contributed by atoms with Gasteiger partial charge in [0.15, 0.2) is 0 Å². The number of hydrogen-bond acceptors (Lipinski definition) is 1. The van der Waals surface area contributed by atoms with E-state index in [2.05, 4.69) is 42.6 Å². The number of halogens is 1. The average molecular weight is 297 g/mol. The first-order valence-electron chi connectivity index (χ1n) is 8.20. The van der Waals surface area contributed by atoms with E-state index in [4.69, 9.17) is 0 Å². The normalized spacial score (nSPS) is 17.2. The lowest BCUT2D eigenvalue weighted by molar-refractivity contribution is 0.423. The second-order valence-corrected chi connectivity index (χ2v) is 6.54. The van der Waals surface area contributed by atoms with E-state index in [0.29, 0.717) is 5.56 Å². The third-order valence-electron chi connectivity index (χ3n) is 4.61. The quantitative estimate of drug-likeness (QED) is 0.760. The topological polar surface area (TPSA) is 12.0 Å². The third-order valence-corrected chi connectivity index (χ3v) is 4.61. The van der Waals surface area contributed by atoms with Crippen LogP contribution in [0, 0.1) is 18.7 Å². The van der Waals surface area contributed by atoms with E-state index in [1.165, 1.54) is 18.4 Å². The Bertz CT molecular complexity index is 619. The van der Waals surface area contributed by atoms with Gasteiger partial charge in [0.25, 0.3) is 0 Å². The van der Waals surface area contributed by atoms with E-state index in [1.807, 2.05) is 19.1 Å². The van der Waals surface area contributed by atoms with Crippen LogP contribution in [0.5, 0.6) is 0 Å². The van der Waals surface area contributed by atoms with Crippen LogP contribution < -0.4 is 5.32 Å². The van der Waals surface area contributed by atoms with Crippen molar-refractivity contribution in [2.24, 2.45) is 5.92 Å². The van der Waals surface area contributed by atoms with Crippen molar-refractivity contribution in [1.82, 2.24) is 5.32 Å². The number of nitrogens with one attached hydrogen (secondary N) is 1. The molecular weight excluding hydrogens is 273 g/mol. The van der Waals surface area contributed by atoms with Crippen LogP contribution >= 0.6 is 0 Å². The monoisotopic (exact) mass is 297 g/mol. The molecule has 0 saturated heterocycles. The molecule has 2 aromatic carbocycles. The summed E-state index contributed by atoms with van der Waals surface area (Å²) in [5, 5.41) is 3.70. The molecule has 1 aliphatic carbocycles. The second-order valence-electron chi connectivity index (χ2n) is 6.54. The molecule has 1 nitrogen and oxygen atoms in total. The third kappa shape index (κ3) is 3.75. The van der Waals surface area contributed by atoms with Gasteiger partial charge in [-0.25, -0.2) is 4.39 Å². The van der Waals surface area contributed by atoms with Gasteiger partial charge in [-0.05, 0) is 48.9 Å². The smallest absolute Gasteiger partial charge is 0.126 e. The molecule has 0 spiro atoms. The molecule has 1 fully saturated rings. The van der Waals surface area contributed by atoms with E-state index >= 15 is 0 Å². The Labute approximate surface area is 132 Å². The lowest BCUT2D eigenvalue weighted by atomic mass is 9.97. The predicted molar refractivity (Wildman–Crippen MR) is 89.2 cm³/mol. The first kappa shape index (κ1) is 15.2. The molecule has 0 bridgehead atoms. The summed E-state index contributed by atoms with van der Waals surface area (Å²) in [6, 6.07) is 16.6. The van der Waals surface area contributed by atoms with Crippen molar-refractivity contribution in [3.63, 3.8) is 0 Å². The average Bonchev–Trinajstić information content (AvgIpc) is 3.34. The van der Waals surface area contributed by atoms with Crippen LogP contribution in [0.1, 0.15) is 55.0 Å². The fraction of sp³-hybridized carbons (Fsp3) is 0.400. The second kappa shape index (κ2) is 6.62. The first-order chi connectivity index (χ1) is 10.6. The maximum atomic E-state index is 13.9. The summed E-state index contributed by atoms with van der Waals surface area (Å²) < 4.78 is 13.9.